The minimum absolute atomic E-state index is 0.216. The molecule has 2 nitrogen and oxygen atoms in total. The number of nitrogens with one attached hydrogen (secondary N) is 1. The molecule has 0 saturated heterocycles. The number of nitrogens with zero attached hydrogens (tertiary/aromatic N) is 1. The summed E-state index contributed by atoms with van der Waals surface area (Å²) in [6.07, 6.45) is 4.38. The van der Waals surface area contributed by atoms with Gasteiger partial charge in [0.05, 0.1) is 11.2 Å². The highest BCUT2D eigenvalue weighted by Crippen LogP contribution is 2.43. The molecule has 0 spiro atoms. The number of pyridine rings is 1. The predicted molar refractivity (Wildman–Crippen MR) is 48.9 cm³/mol. The van der Waals surface area contributed by atoms with Gasteiger partial charge in [-0.3, -0.25) is 4.98 Å². The Kier molecular flexibility index (Phi) is 1.65. The van der Waals surface area contributed by atoms with Gasteiger partial charge in [-0.25, -0.2) is 0 Å². The van der Waals surface area contributed by atoms with Crippen LogP contribution < -0.4 is 5.32 Å². The normalized spacial score (nSPS) is 19.2. The van der Waals surface area contributed by atoms with Gasteiger partial charge in [0.15, 0.2) is 0 Å². The zero-order valence-electron chi connectivity index (χ0n) is 7.59. The molecule has 1 aromatic heterocycles. The van der Waals surface area contributed by atoms with Gasteiger partial charge in [0.2, 0.25) is 0 Å². The van der Waals surface area contributed by atoms with Crippen LogP contribution in [0.1, 0.15) is 24.1 Å². The molecular weight excluding hydrogens is 148 g/mol. The van der Waals surface area contributed by atoms with Gasteiger partial charge < -0.3 is 5.32 Å². The molecule has 1 aromatic rings. The molecule has 0 unspecified atom stereocenters. The Morgan fingerprint density at radius 3 is 2.58 bits per heavy atom. The maximum Gasteiger partial charge on any atom is 0.0607 e. The van der Waals surface area contributed by atoms with Crippen LogP contribution in [0.5, 0.6) is 0 Å². The Hall–Kier alpha value is -0.890. The summed E-state index contributed by atoms with van der Waals surface area (Å²) in [5.74, 6) is 0. The average Bonchev–Trinajstić information content (AvgIpc) is 2.86. The van der Waals surface area contributed by atoms with Crippen LogP contribution in [0.25, 0.3) is 0 Å². The van der Waals surface area contributed by atoms with Crippen molar-refractivity contribution in [3.05, 3.63) is 29.6 Å². The minimum atomic E-state index is 0.216. The Bertz CT molecular complexity index is 272. The van der Waals surface area contributed by atoms with Crippen LogP contribution in [-0.2, 0) is 5.54 Å². The van der Waals surface area contributed by atoms with Crippen molar-refractivity contribution in [2.24, 2.45) is 0 Å². The van der Waals surface area contributed by atoms with E-state index in [0.717, 1.165) is 0 Å². The molecule has 1 N–H and O–H groups in total. The first-order valence-electron chi connectivity index (χ1n) is 4.39. The Morgan fingerprint density at radius 1 is 1.42 bits per heavy atom. The van der Waals surface area contributed by atoms with Crippen molar-refractivity contribution in [3.8, 4) is 0 Å². The van der Waals surface area contributed by atoms with E-state index in [1.54, 1.807) is 0 Å². The highest BCUT2D eigenvalue weighted by Gasteiger charge is 2.43. The molecule has 1 fully saturated rings. The lowest BCUT2D eigenvalue weighted by Crippen LogP contribution is -2.25. The van der Waals surface area contributed by atoms with Crippen molar-refractivity contribution in [1.82, 2.24) is 10.3 Å². The molecule has 0 amide bonds. The van der Waals surface area contributed by atoms with Crippen molar-refractivity contribution >= 4 is 0 Å². The average molecular weight is 162 g/mol. The molecule has 0 atom stereocenters. The zero-order chi connectivity index (χ0) is 8.60. The van der Waals surface area contributed by atoms with Crippen molar-refractivity contribution in [2.75, 3.05) is 7.05 Å². The smallest absolute Gasteiger partial charge is 0.0607 e. The third-order valence-corrected chi connectivity index (χ3v) is 2.63. The number of hydrogen-bond donors (Lipinski definition) is 1. The summed E-state index contributed by atoms with van der Waals surface area (Å²) >= 11 is 0. The molecule has 1 aliphatic rings. The lowest BCUT2D eigenvalue weighted by atomic mass is 10.1. The molecule has 1 saturated carbocycles. The number of hydrogen-bond acceptors (Lipinski definition) is 2. The number of aryl methyl sites for hydroxylation is 1. The third-order valence-electron chi connectivity index (χ3n) is 2.63. The van der Waals surface area contributed by atoms with Crippen LogP contribution >= 0.6 is 0 Å². The van der Waals surface area contributed by atoms with Gasteiger partial charge in [-0.2, -0.15) is 0 Å². The fourth-order valence-electron chi connectivity index (χ4n) is 1.51. The summed E-state index contributed by atoms with van der Waals surface area (Å²) in [4.78, 5) is 4.42. The number of rotatable bonds is 2. The second kappa shape index (κ2) is 2.56. The highest BCUT2D eigenvalue weighted by molar-refractivity contribution is 5.24. The zero-order valence-corrected chi connectivity index (χ0v) is 7.59. The van der Waals surface area contributed by atoms with E-state index >= 15 is 0 Å². The summed E-state index contributed by atoms with van der Waals surface area (Å²) in [6, 6.07) is 4.25. The van der Waals surface area contributed by atoms with Gasteiger partial charge in [0.1, 0.15) is 0 Å². The topological polar surface area (TPSA) is 24.9 Å². The fraction of sp³-hybridized carbons (Fsp3) is 0.500. The fourth-order valence-corrected chi connectivity index (χ4v) is 1.51. The van der Waals surface area contributed by atoms with Gasteiger partial charge in [-0.1, -0.05) is 6.07 Å². The molecule has 0 bridgehead atoms. The van der Waals surface area contributed by atoms with Crippen molar-refractivity contribution in [3.63, 3.8) is 0 Å². The first kappa shape index (κ1) is 7.74. The van der Waals surface area contributed by atoms with Gasteiger partial charge in [0, 0.05) is 6.20 Å². The van der Waals surface area contributed by atoms with Crippen molar-refractivity contribution in [1.29, 1.82) is 0 Å². The molecule has 12 heavy (non-hydrogen) atoms. The van der Waals surface area contributed by atoms with E-state index in [-0.39, 0.29) is 5.54 Å². The van der Waals surface area contributed by atoms with Crippen LogP contribution in [0.2, 0.25) is 0 Å². The highest BCUT2D eigenvalue weighted by atomic mass is 15.0. The second-order valence-electron chi connectivity index (χ2n) is 3.55. The van der Waals surface area contributed by atoms with E-state index in [9.17, 15) is 0 Å². The van der Waals surface area contributed by atoms with E-state index in [1.165, 1.54) is 24.1 Å². The molecule has 0 aromatic carbocycles. The van der Waals surface area contributed by atoms with Crippen LogP contribution in [-0.4, -0.2) is 12.0 Å². The maximum absolute atomic E-state index is 4.42. The van der Waals surface area contributed by atoms with Crippen molar-refractivity contribution < 1.29 is 0 Å². The van der Waals surface area contributed by atoms with Crippen LogP contribution in [0.3, 0.4) is 0 Å². The summed E-state index contributed by atoms with van der Waals surface area (Å²) in [5.41, 5.74) is 2.63. The maximum atomic E-state index is 4.42. The van der Waals surface area contributed by atoms with E-state index in [4.69, 9.17) is 0 Å². The Balaban J connectivity index is 2.29. The summed E-state index contributed by atoms with van der Waals surface area (Å²) in [6.45, 7) is 2.07. The van der Waals surface area contributed by atoms with E-state index < -0.39 is 0 Å². The third kappa shape index (κ3) is 1.12. The summed E-state index contributed by atoms with van der Waals surface area (Å²) in [7, 11) is 2.01. The number of aromatic nitrogens is 1. The van der Waals surface area contributed by atoms with Gasteiger partial charge in [-0.15, -0.1) is 0 Å². The summed E-state index contributed by atoms with van der Waals surface area (Å²) < 4.78 is 0. The minimum Gasteiger partial charge on any atom is -0.309 e. The monoisotopic (exact) mass is 162 g/mol. The first-order chi connectivity index (χ1) is 5.77. The lowest BCUT2D eigenvalue weighted by Gasteiger charge is -2.12. The predicted octanol–water partition coefficient (Wildman–Crippen LogP) is 1.60. The molecule has 64 valence electrons. The van der Waals surface area contributed by atoms with Crippen LogP contribution in [0, 0.1) is 6.92 Å². The van der Waals surface area contributed by atoms with Gasteiger partial charge in [0.25, 0.3) is 0 Å². The summed E-state index contributed by atoms with van der Waals surface area (Å²) in [5, 5.41) is 3.33. The van der Waals surface area contributed by atoms with E-state index in [2.05, 4.69) is 29.4 Å². The molecule has 0 aliphatic heterocycles. The largest absolute Gasteiger partial charge is 0.309 e. The lowest BCUT2D eigenvalue weighted by molar-refractivity contribution is 0.567. The molecule has 1 aliphatic carbocycles. The second-order valence-corrected chi connectivity index (χ2v) is 3.55. The van der Waals surface area contributed by atoms with Crippen molar-refractivity contribution in [2.45, 2.75) is 25.3 Å². The van der Waals surface area contributed by atoms with E-state index in [1.807, 2.05) is 13.2 Å². The molecule has 2 rings (SSSR count). The van der Waals surface area contributed by atoms with E-state index in [0.29, 0.717) is 0 Å². The quantitative estimate of drug-likeness (QED) is 0.714. The Morgan fingerprint density at radius 2 is 2.17 bits per heavy atom. The SMILES string of the molecule is CNC1(c2ccc(C)cn2)CC1. The molecule has 2 heteroatoms. The molecular formula is C10H14N2. The van der Waals surface area contributed by atoms with Crippen LogP contribution in [0.15, 0.2) is 18.3 Å². The Labute approximate surface area is 73.0 Å². The van der Waals surface area contributed by atoms with Crippen LogP contribution in [0.4, 0.5) is 0 Å². The molecule has 0 radical (unpaired) electrons. The standard InChI is InChI=1S/C10H14N2/c1-8-3-4-9(12-7-8)10(11-2)5-6-10/h3-4,7,11H,5-6H2,1-2H3. The van der Waals surface area contributed by atoms with Gasteiger partial charge in [-0.05, 0) is 38.4 Å². The van der Waals surface area contributed by atoms with Gasteiger partial charge >= 0.3 is 0 Å². The molecule has 1 heterocycles. The first-order valence-corrected chi connectivity index (χ1v) is 4.39.